The highest BCUT2D eigenvalue weighted by atomic mass is 16.5. The minimum absolute atomic E-state index is 0.00322. The van der Waals surface area contributed by atoms with Crippen LogP contribution in [0.5, 0.6) is 17.2 Å². The maximum atomic E-state index is 13.0. The smallest absolute Gasteiger partial charge is 0.295 e. The molecule has 7 heteroatoms. The summed E-state index contributed by atoms with van der Waals surface area (Å²) in [5.41, 5.74) is 0.918. The topological polar surface area (TPSA) is 96.3 Å². The third kappa shape index (κ3) is 5.13. The predicted molar refractivity (Wildman–Crippen MR) is 125 cm³/mol. The summed E-state index contributed by atoms with van der Waals surface area (Å²) in [6.07, 6.45) is 1.54. The van der Waals surface area contributed by atoms with E-state index >= 15 is 0 Å². The molecule has 176 valence electrons. The molecule has 1 atom stereocenters. The molecular weight excluding hydrogens is 422 g/mol. The van der Waals surface area contributed by atoms with Gasteiger partial charge in [0.15, 0.2) is 11.5 Å². The second-order valence-electron chi connectivity index (χ2n) is 8.51. The van der Waals surface area contributed by atoms with Crippen molar-refractivity contribution in [2.75, 3.05) is 20.3 Å². The molecule has 0 saturated carbocycles. The molecule has 0 radical (unpaired) electrons. The Morgan fingerprint density at radius 1 is 1.12 bits per heavy atom. The predicted octanol–water partition coefficient (Wildman–Crippen LogP) is 4.66. The van der Waals surface area contributed by atoms with Crippen molar-refractivity contribution in [1.82, 2.24) is 4.90 Å². The number of rotatable bonds is 9. The zero-order chi connectivity index (χ0) is 24.1. The summed E-state index contributed by atoms with van der Waals surface area (Å²) in [5, 5.41) is 21.4. The van der Waals surface area contributed by atoms with Crippen LogP contribution in [0, 0.1) is 5.92 Å². The highest BCUT2D eigenvalue weighted by molar-refractivity contribution is 6.46. The summed E-state index contributed by atoms with van der Waals surface area (Å²) < 4.78 is 10.8. The Hall–Kier alpha value is -3.48. The van der Waals surface area contributed by atoms with E-state index in [0.717, 1.165) is 6.42 Å². The fraction of sp³-hybridized carbons (Fsp3) is 0.385. The van der Waals surface area contributed by atoms with Crippen molar-refractivity contribution in [2.24, 2.45) is 5.92 Å². The summed E-state index contributed by atoms with van der Waals surface area (Å²) in [7, 11) is 1.44. The van der Waals surface area contributed by atoms with Crippen LogP contribution in [0.3, 0.4) is 0 Å². The summed E-state index contributed by atoms with van der Waals surface area (Å²) in [5.74, 6) is -0.475. The zero-order valence-corrected chi connectivity index (χ0v) is 19.5. The van der Waals surface area contributed by atoms with Gasteiger partial charge >= 0.3 is 0 Å². The number of Topliss-reactive ketones (excluding diaryl/α,β-unsaturated/α-hetero) is 1. The van der Waals surface area contributed by atoms with Gasteiger partial charge in [0.2, 0.25) is 0 Å². The highest BCUT2D eigenvalue weighted by Gasteiger charge is 2.45. The number of hydrogen-bond acceptors (Lipinski definition) is 6. The van der Waals surface area contributed by atoms with E-state index in [1.165, 1.54) is 18.1 Å². The summed E-state index contributed by atoms with van der Waals surface area (Å²) in [4.78, 5) is 27.3. The normalized spacial score (nSPS) is 17.6. The van der Waals surface area contributed by atoms with Crippen molar-refractivity contribution in [3.8, 4) is 17.2 Å². The third-order valence-corrected chi connectivity index (χ3v) is 5.52. The van der Waals surface area contributed by atoms with E-state index in [1.807, 2.05) is 6.92 Å². The Balaban J connectivity index is 2.05. The third-order valence-electron chi connectivity index (χ3n) is 5.52. The molecule has 1 aliphatic rings. The number of carbonyl (C=O) groups excluding carboxylic acids is 2. The van der Waals surface area contributed by atoms with E-state index < -0.39 is 17.7 Å². The van der Waals surface area contributed by atoms with Gasteiger partial charge in [-0.25, -0.2) is 0 Å². The molecule has 3 rings (SSSR count). The number of unbranched alkanes of at least 4 members (excludes halogenated alkanes) is 1. The van der Waals surface area contributed by atoms with Gasteiger partial charge in [0.25, 0.3) is 11.7 Å². The summed E-state index contributed by atoms with van der Waals surface area (Å²) in [6, 6.07) is 10.7. The van der Waals surface area contributed by atoms with Gasteiger partial charge in [-0.2, -0.15) is 0 Å². The standard InChI is InChI=1S/C26H31NO6/c1-5-6-13-27-23(18-9-12-21(32-4)20(28)14-18)22(25(30)26(27)31)24(29)17-7-10-19(11-8-17)33-15-16(2)3/h7-12,14,16,23,28-29H,5-6,13,15H2,1-4H3/b24-22-. The molecule has 0 bridgehead atoms. The minimum atomic E-state index is -0.815. The number of phenolic OH excluding ortho intramolecular Hbond substituents is 1. The molecule has 1 fully saturated rings. The molecule has 1 saturated heterocycles. The Kier molecular flexibility index (Phi) is 7.63. The highest BCUT2D eigenvalue weighted by Crippen LogP contribution is 2.41. The Labute approximate surface area is 194 Å². The van der Waals surface area contributed by atoms with E-state index in [2.05, 4.69) is 13.8 Å². The summed E-state index contributed by atoms with van der Waals surface area (Å²) >= 11 is 0. The van der Waals surface area contributed by atoms with Crippen molar-refractivity contribution in [3.63, 3.8) is 0 Å². The fourth-order valence-corrected chi connectivity index (χ4v) is 3.79. The molecule has 0 aliphatic carbocycles. The maximum Gasteiger partial charge on any atom is 0.295 e. The number of nitrogens with zero attached hydrogens (tertiary/aromatic N) is 1. The van der Waals surface area contributed by atoms with Crippen molar-refractivity contribution in [1.29, 1.82) is 0 Å². The van der Waals surface area contributed by atoms with Gasteiger partial charge in [-0.15, -0.1) is 0 Å². The van der Waals surface area contributed by atoms with Crippen LogP contribution in [-0.4, -0.2) is 47.1 Å². The number of likely N-dealkylation sites (tertiary alicyclic amines) is 1. The number of hydrogen-bond donors (Lipinski definition) is 2. The van der Waals surface area contributed by atoms with Gasteiger partial charge in [0.1, 0.15) is 11.5 Å². The number of aliphatic hydroxyl groups is 1. The molecule has 2 aromatic carbocycles. The number of methoxy groups -OCH3 is 1. The van der Waals surface area contributed by atoms with Crippen molar-refractivity contribution in [2.45, 2.75) is 39.7 Å². The largest absolute Gasteiger partial charge is 0.507 e. The van der Waals surface area contributed by atoms with Crippen LogP contribution in [-0.2, 0) is 9.59 Å². The second-order valence-corrected chi connectivity index (χ2v) is 8.51. The lowest BCUT2D eigenvalue weighted by atomic mass is 9.95. The lowest BCUT2D eigenvalue weighted by molar-refractivity contribution is -0.139. The Morgan fingerprint density at radius 3 is 2.39 bits per heavy atom. The number of aliphatic hydroxyl groups excluding tert-OH is 1. The van der Waals surface area contributed by atoms with Crippen LogP contribution in [0.2, 0.25) is 0 Å². The number of ketones is 1. The average Bonchev–Trinajstić information content (AvgIpc) is 3.06. The van der Waals surface area contributed by atoms with E-state index in [9.17, 15) is 19.8 Å². The van der Waals surface area contributed by atoms with Gasteiger partial charge in [0.05, 0.1) is 25.3 Å². The van der Waals surface area contributed by atoms with Crippen LogP contribution in [0.1, 0.15) is 50.8 Å². The van der Waals surface area contributed by atoms with Gasteiger partial charge in [-0.3, -0.25) is 9.59 Å². The van der Waals surface area contributed by atoms with E-state index in [1.54, 1.807) is 36.4 Å². The number of ether oxygens (including phenoxy) is 2. The van der Waals surface area contributed by atoms with Crippen LogP contribution in [0.4, 0.5) is 0 Å². The van der Waals surface area contributed by atoms with Crippen LogP contribution in [0.25, 0.3) is 5.76 Å². The SMILES string of the molecule is CCCCN1C(=O)C(=O)/C(=C(\O)c2ccc(OCC(C)C)cc2)C1c1ccc(OC)c(O)c1. The van der Waals surface area contributed by atoms with E-state index in [0.29, 0.717) is 42.4 Å². The van der Waals surface area contributed by atoms with Gasteiger partial charge in [-0.1, -0.05) is 33.3 Å². The minimum Gasteiger partial charge on any atom is -0.507 e. The lowest BCUT2D eigenvalue weighted by Gasteiger charge is -2.25. The quantitative estimate of drug-likeness (QED) is 0.326. The first-order chi connectivity index (χ1) is 15.8. The van der Waals surface area contributed by atoms with Crippen molar-refractivity contribution >= 4 is 17.4 Å². The molecule has 1 amide bonds. The Morgan fingerprint density at radius 2 is 1.82 bits per heavy atom. The molecule has 33 heavy (non-hydrogen) atoms. The average molecular weight is 454 g/mol. The van der Waals surface area contributed by atoms with Gasteiger partial charge < -0.3 is 24.6 Å². The Bertz CT molecular complexity index is 1040. The number of amides is 1. The fourth-order valence-electron chi connectivity index (χ4n) is 3.79. The molecular formula is C26H31NO6. The number of aromatic hydroxyl groups is 1. The number of carbonyl (C=O) groups is 2. The first-order valence-corrected chi connectivity index (χ1v) is 11.2. The van der Waals surface area contributed by atoms with Crippen LogP contribution >= 0.6 is 0 Å². The molecule has 1 aliphatic heterocycles. The number of benzene rings is 2. The molecule has 1 unspecified atom stereocenters. The zero-order valence-electron chi connectivity index (χ0n) is 19.5. The lowest BCUT2D eigenvalue weighted by Crippen LogP contribution is -2.30. The molecule has 0 aromatic heterocycles. The van der Waals surface area contributed by atoms with E-state index in [4.69, 9.17) is 9.47 Å². The molecule has 2 N–H and O–H groups in total. The molecule has 0 spiro atoms. The first-order valence-electron chi connectivity index (χ1n) is 11.2. The van der Waals surface area contributed by atoms with Crippen molar-refractivity contribution in [3.05, 3.63) is 59.2 Å². The first kappa shape index (κ1) is 24.2. The molecule has 2 aromatic rings. The maximum absolute atomic E-state index is 13.0. The van der Waals surface area contributed by atoms with Crippen LogP contribution < -0.4 is 9.47 Å². The van der Waals surface area contributed by atoms with Crippen LogP contribution in [0.15, 0.2) is 48.0 Å². The molecule has 7 nitrogen and oxygen atoms in total. The van der Waals surface area contributed by atoms with E-state index in [-0.39, 0.29) is 22.8 Å². The van der Waals surface area contributed by atoms with Gasteiger partial charge in [0, 0.05) is 12.1 Å². The van der Waals surface area contributed by atoms with Crippen molar-refractivity contribution < 1.29 is 29.3 Å². The molecule has 1 heterocycles. The van der Waals surface area contributed by atoms with Gasteiger partial charge in [-0.05, 0) is 54.3 Å². The second kappa shape index (κ2) is 10.4. The summed E-state index contributed by atoms with van der Waals surface area (Å²) in [6.45, 7) is 7.02. The number of phenols is 1. The monoisotopic (exact) mass is 453 g/mol.